The third-order valence-corrected chi connectivity index (χ3v) is 5.99. The SMILES string of the molecule is CC1CN(CCC(=O)N2CCN(Cc3cccnc3)CC2)Cc2cc(Cl)ccc2O1. The number of carbonyl (C=O) groups excluding carboxylic acids is 1. The van der Waals surface area contributed by atoms with Crippen molar-refractivity contribution < 1.29 is 9.53 Å². The number of hydrogen-bond acceptors (Lipinski definition) is 5. The Hall–Kier alpha value is -2.15. The van der Waals surface area contributed by atoms with E-state index in [1.54, 1.807) is 6.20 Å². The second-order valence-corrected chi connectivity index (χ2v) is 8.62. The van der Waals surface area contributed by atoms with Crippen LogP contribution in [-0.4, -0.2) is 71.0 Å². The van der Waals surface area contributed by atoms with Crippen LogP contribution in [0.2, 0.25) is 5.02 Å². The van der Waals surface area contributed by atoms with E-state index in [4.69, 9.17) is 16.3 Å². The van der Waals surface area contributed by atoms with Gasteiger partial charge in [0.1, 0.15) is 11.9 Å². The molecule has 1 atom stereocenters. The first-order chi connectivity index (χ1) is 14.6. The van der Waals surface area contributed by atoms with Gasteiger partial charge in [-0.1, -0.05) is 17.7 Å². The summed E-state index contributed by atoms with van der Waals surface area (Å²) in [6.07, 6.45) is 4.32. The number of amides is 1. The lowest BCUT2D eigenvalue weighted by Crippen LogP contribution is -2.48. The topological polar surface area (TPSA) is 48.9 Å². The summed E-state index contributed by atoms with van der Waals surface area (Å²) in [5.74, 6) is 1.13. The summed E-state index contributed by atoms with van der Waals surface area (Å²) in [6, 6.07) is 9.83. The molecular formula is C23H29ClN4O2. The van der Waals surface area contributed by atoms with Crippen molar-refractivity contribution in [1.82, 2.24) is 19.7 Å². The van der Waals surface area contributed by atoms with Crippen LogP contribution in [0.4, 0.5) is 0 Å². The standard InChI is InChI=1S/C23H29ClN4O2/c1-18-15-27(17-20-13-21(24)4-5-22(20)30-18)8-6-23(29)28-11-9-26(10-12-28)16-19-3-2-7-25-14-19/h2-5,7,13-14,18H,6,8-12,15-17H2,1H3. The van der Waals surface area contributed by atoms with Crippen LogP contribution in [-0.2, 0) is 17.9 Å². The van der Waals surface area contributed by atoms with Crippen molar-refractivity contribution in [2.75, 3.05) is 39.3 Å². The molecule has 4 rings (SSSR count). The maximum absolute atomic E-state index is 12.8. The van der Waals surface area contributed by atoms with E-state index < -0.39 is 0 Å². The van der Waals surface area contributed by atoms with Crippen LogP contribution in [0, 0.1) is 0 Å². The van der Waals surface area contributed by atoms with Crippen LogP contribution < -0.4 is 4.74 Å². The van der Waals surface area contributed by atoms with Gasteiger partial charge in [-0.2, -0.15) is 0 Å². The van der Waals surface area contributed by atoms with Crippen LogP contribution >= 0.6 is 11.6 Å². The molecular weight excluding hydrogens is 400 g/mol. The molecule has 1 aromatic heterocycles. The number of hydrogen-bond donors (Lipinski definition) is 0. The monoisotopic (exact) mass is 428 g/mol. The summed E-state index contributed by atoms with van der Waals surface area (Å²) in [7, 11) is 0. The van der Waals surface area contributed by atoms with Gasteiger partial charge in [0, 0.05) is 81.8 Å². The molecule has 0 bridgehead atoms. The minimum atomic E-state index is 0.0820. The molecule has 7 heteroatoms. The highest BCUT2D eigenvalue weighted by molar-refractivity contribution is 6.30. The number of aromatic nitrogens is 1. The first-order valence-electron chi connectivity index (χ1n) is 10.6. The first-order valence-corrected chi connectivity index (χ1v) is 11.0. The molecule has 30 heavy (non-hydrogen) atoms. The van der Waals surface area contributed by atoms with E-state index in [2.05, 4.69) is 27.8 Å². The molecule has 2 aromatic rings. The number of rotatable bonds is 5. The van der Waals surface area contributed by atoms with Crippen molar-refractivity contribution in [3.8, 4) is 5.75 Å². The predicted octanol–water partition coefficient (Wildman–Crippen LogP) is 3.05. The average molecular weight is 429 g/mol. The molecule has 0 radical (unpaired) electrons. The number of benzene rings is 1. The largest absolute Gasteiger partial charge is 0.489 e. The Morgan fingerprint density at radius 1 is 1.20 bits per heavy atom. The Kier molecular flexibility index (Phi) is 6.87. The third-order valence-electron chi connectivity index (χ3n) is 5.76. The quantitative estimate of drug-likeness (QED) is 0.732. The minimum Gasteiger partial charge on any atom is -0.489 e. The molecule has 1 unspecified atom stereocenters. The molecule has 6 nitrogen and oxygen atoms in total. The maximum atomic E-state index is 12.8. The molecule has 1 amide bonds. The van der Waals surface area contributed by atoms with Crippen molar-refractivity contribution in [2.24, 2.45) is 0 Å². The maximum Gasteiger partial charge on any atom is 0.223 e. The molecule has 1 fully saturated rings. The van der Waals surface area contributed by atoms with Gasteiger partial charge in [-0.15, -0.1) is 0 Å². The fraction of sp³-hybridized carbons (Fsp3) is 0.478. The molecule has 0 aliphatic carbocycles. The van der Waals surface area contributed by atoms with Gasteiger partial charge in [0.15, 0.2) is 0 Å². The van der Waals surface area contributed by atoms with Gasteiger partial charge in [-0.25, -0.2) is 0 Å². The van der Waals surface area contributed by atoms with E-state index in [1.807, 2.05) is 35.4 Å². The van der Waals surface area contributed by atoms with Gasteiger partial charge in [-0.3, -0.25) is 19.6 Å². The highest BCUT2D eigenvalue weighted by Crippen LogP contribution is 2.28. The van der Waals surface area contributed by atoms with Crippen molar-refractivity contribution in [1.29, 1.82) is 0 Å². The summed E-state index contributed by atoms with van der Waals surface area (Å²) in [5.41, 5.74) is 2.30. The second-order valence-electron chi connectivity index (χ2n) is 8.18. The smallest absolute Gasteiger partial charge is 0.223 e. The van der Waals surface area contributed by atoms with Crippen molar-refractivity contribution in [3.63, 3.8) is 0 Å². The van der Waals surface area contributed by atoms with Crippen LogP contribution in [0.1, 0.15) is 24.5 Å². The van der Waals surface area contributed by atoms with Crippen LogP contribution in [0.25, 0.3) is 0 Å². The van der Waals surface area contributed by atoms with Crippen molar-refractivity contribution >= 4 is 17.5 Å². The van der Waals surface area contributed by atoms with Gasteiger partial charge in [0.05, 0.1) is 0 Å². The van der Waals surface area contributed by atoms with E-state index in [0.29, 0.717) is 11.4 Å². The summed E-state index contributed by atoms with van der Waals surface area (Å²) in [4.78, 5) is 23.7. The van der Waals surface area contributed by atoms with E-state index in [0.717, 1.165) is 63.7 Å². The van der Waals surface area contributed by atoms with E-state index >= 15 is 0 Å². The molecule has 2 aliphatic heterocycles. The number of piperazine rings is 1. The van der Waals surface area contributed by atoms with Gasteiger partial charge < -0.3 is 9.64 Å². The average Bonchev–Trinajstić information content (AvgIpc) is 2.90. The highest BCUT2D eigenvalue weighted by Gasteiger charge is 2.24. The minimum absolute atomic E-state index is 0.0820. The lowest BCUT2D eigenvalue weighted by Gasteiger charge is -2.35. The second kappa shape index (κ2) is 9.77. The normalized spacial score (nSPS) is 20.3. The van der Waals surface area contributed by atoms with Crippen molar-refractivity contribution in [3.05, 3.63) is 58.9 Å². The van der Waals surface area contributed by atoms with Gasteiger partial charge in [0.2, 0.25) is 5.91 Å². The number of halogens is 1. The molecule has 1 saturated heterocycles. The molecule has 1 aromatic carbocycles. The predicted molar refractivity (Wildman–Crippen MR) is 118 cm³/mol. The molecule has 0 saturated carbocycles. The number of fused-ring (bicyclic) bond motifs is 1. The lowest BCUT2D eigenvalue weighted by atomic mass is 10.2. The fourth-order valence-corrected chi connectivity index (χ4v) is 4.39. The first kappa shape index (κ1) is 21.1. The zero-order chi connectivity index (χ0) is 20.9. The highest BCUT2D eigenvalue weighted by atomic mass is 35.5. The van der Waals surface area contributed by atoms with E-state index in [1.165, 1.54) is 5.56 Å². The Morgan fingerprint density at radius 3 is 2.80 bits per heavy atom. The fourth-order valence-electron chi connectivity index (χ4n) is 4.20. The van der Waals surface area contributed by atoms with Gasteiger partial charge in [-0.05, 0) is 36.8 Å². The molecule has 160 valence electrons. The Balaban J connectivity index is 1.25. The van der Waals surface area contributed by atoms with Gasteiger partial charge >= 0.3 is 0 Å². The molecule has 0 spiro atoms. The summed E-state index contributed by atoms with van der Waals surface area (Å²) >= 11 is 6.16. The molecule has 3 heterocycles. The third kappa shape index (κ3) is 5.50. The van der Waals surface area contributed by atoms with E-state index in [9.17, 15) is 4.79 Å². The number of pyridine rings is 1. The van der Waals surface area contributed by atoms with Gasteiger partial charge in [0.25, 0.3) is 0 Å². The number of nitrogens with zero attached hydrogens (tertiary/aromatic N) is 4. The summed E-state index contributed by atoms with van der Waals surface area (Å²) < 4.78 is 6.02. The Labute approximate surface area is 183 Å². The zero-order valence-electron chi connectivity index (χ0n) is 17.5. The van der Waals surface area contributed by atoms with E-state index in [-0.39, 0.29) is 12.0 Å². The number of carbonyl (C=O) groups is 1. The van der Waals surface area contributed by atoms with Crippen LogP contribution in [0.15, 0.2) is 42.7 Å². The molecule has 0 N–H and O–H groups in total. The Morgan fingerprint density at radius 2 is 2.03 bits per heavy atom. The molecule has 2 aliphatic rings. The Bertz CT molecular complexity index is 856. The van der Waals surface area contributed by atoms with Crippen molar-refractivity contribution in [2.45, 2.75) is 32.5 Å². The van der Waals surface area contributed by atoms with Crippen LogP contribution in [0.3, 0.4) is 0 Å². The summed E-state index contributed by atoms with van der Waals surface area (Å²) in [5, 5.41) is 0.715. The van der Waals surface area contributed by atoms with Crippen LogP contribution in [0.5, 0.6) is 5.75 Å². The lowest BCUT2D eigenvalue weighted by molar-refractivity contribution is -0.133. The summed E-state index contributed by atoms with van der Waals surface area (Å²) in [6.45, 7) is 8.64. The number of ether oxygens (including phenoxy) is 1. The zero-order valence-corrected chi connectivity index (χ0v) is 18.2.